The fourth-order valence-corrected chi connectivity index (χ4v) is 4.03. The Morgan fingerprint density at radius 1 is 1.09 bits per heavy atom. The number of rotatable bonds is 9. The number of benzene rings is 1. The summed E-state index contributed by atoms with van der Waals surface area (Å²) in [5, 5.41) is 0. The topological polar surface area (TPSA) is 92.8 Å². The number of anilines is 1. The SMILES string of the molecule is C=C1C(=O)N(c2cc(OC)c(OC)c(OC)c2)[C@H]1C1=CCC(OC)C(OCC(=O)OC(C)(C)C)=C1. The van der Waals surface area contributed by atoms with E-state index < -0.39 is 17.6 Å². The van der Waals surface area contributed by atoms with E-state index in [-0.39, 0.29) is 18.6 Å². The molecule has 1 aromatic rings. The average Bonchev–Trinajstić information content (AvgIpc) is 2.83. The van der Waals surface area contributed by atoms with Crippen LogP contribution in [0.25, 0.3) is 0 Å². The van der Waals surface area contributed by atoms with Gasteiger partial charge in [-0.25, -0.2) is 4.79 Å². The van der Waals surface area contributed by atoms with E-state index in [0.29, 0.717) is 40.7 Å². The Kier molecular flexibility index (Phi) is 7.80. The van der Waals surface area contributed by atoms with Gasteiger partial charge in [0.2, 0.25) is 5.75 Å². The highest BCUT2D eigenvalue weighted by Gasteiger charge is 2.44. The van der Waals surface area contributed by atoms with Crippen molar-refractivity contribution in [3.63, 3.8) is 0 Å². The van der Waals surface area contributed by atoms with Crippen LogP contribution in [0.4, 0.5) is 5.69 Å². The monoisotopic (exact) mass is 487 g/mol. The molecule has 0 radical (unpaired) electrons. The predicted octanol–water partition coefficient (Wildman–Crippen LogP) is 3.57. The van der Waals surface area contributed by atoms with Crippen LogP contribution in [0.1, 0.15) is 27.2 Å². The summed E-state index contributed by atoms with van der Waals surface area (Å²) in [4.78, 5) is 26.6. The molecule has 2 atom stereocenters. The van der Waals surface area contributed by atoms with Crippen molar-refractivity contribution in [1.29, 1.82) is 0 Å². The molecule has 0 bridgehead atoms. The standard InChI is InChI=1S/C26H33NO8/c1-15-23(27(25(15)29)17-12-20(31-6)24(33-8)21(13-17)32-7)16-9-10-18(30-5)19(11-16)34-14-22(28)35-26(2,3)4/h9,11-13,18,23H,1,10,14H2,2-8H3/t18?,23-/m1/s1. The van der Waals surface area contributed by atoms with Crippen LogP contribution >= 0.6 is 0 Å². The van der Waals surface area contributed by atoms with Crippen LogP contribution < -0.4 is 19.1 Å². The van der Waals surface area contributed by atoms with Crippen molar-refractivity contribution in [2.24, 2.45) is 0 Å². The van der Waals surface area contributed by atoms with E-state index in [1.807, 2.05) is 6.08 Å². The Bertz CT molecular complexity index is 1040. The third-order valence-electron chi connectivity index (χ3n) is 5.58. The molecule has 1 unspecified atom stereocenters. The maximum atomic E-state index is 12.9. The number of β-lactam (4-membered cyclic amide) rings is 1. The number of esters is 1. The summed E-state index contributed by atoms with van der Waals surface area (Å²) in [5.74, 6) is 1.07. The highest BCUT2D eigenvalue weighted by molar-refractivity contribution is 6.16. The first-order valence-electron chi connectivity index (χ1n) is 11.2. The lowest BCUT2D eigenvalue weighted by Gasteiger charge is -2.44. The summed E-state index contributed by atoms with van der Waals surface area (Å²) in [5.41, 5.74) is 1.19. The molecular weight excluding hydrogens is 454 g/mol. The summed E-state index contributed by atoms with van der Waals surface area (Å²) >= 11 is 0. The summed E-state index contributed by atoms with van der Waals surface area (Å²) in [6, 6.07) is 3.00. The van der Waals surface area contributed by atoms with Gasteiger partial charge in [-0.15, -0.1) is 0 Å². The quantitative estimate of drug-likeness (QED) is 0.297. The van der Waals surface area contributed by atoms with E-state index in [2.05, 4.69) is 6.58 Å². The summed E-state index contributed by atoms with van der Waals surface area (Å²) in [7, 11) is 6.12. The molecule has 190 valence electrons. The Balaban J connectivity index is 1.89. The number of amides is 1. The zero-order valence-electron chi connectivity index (χ0n) is 21.3. The van der Waals surface area contributed by atoms with Gasteiger partial charge < -0.3 is 28.4 Å². The Morgan fingerprint density at radius 2 is 1.71 bits per heavy atom. The Hall–Kier alpha value is -3.46. The average molecular weight is 488 g/mol. The number of ether oxygens (including phenoxy) is 6. The van der Waals surface area contributed by atoms with Gasteiger partial charge in [-0.05, 0) is 38.8 Å². The fraction of sp³-hybridized carbons (Fsp3) is 0.462. The lowest BCUT2D eigenvalue weighted by atomic mass is 9.85. The molecule has 1 aliphatic heterocycles. The van der Waals surface area contributed by atoms with Crippen LogP contribution in [0.3, 0.4) is 0 Å². The van der Waals surface area contributed by atoms with Crippen molar-refractivity contribution in [3.05, 3.63) is 47.8 Å². The first kappa shape index (κ1) is 26.2. The maximum absolute atomic E-state index is 12.9. The predicted molar refractivity (Wildman–Crippen MR) is 130 cm³/mol. The Labute approximate surface area is 205 Å². The summed E-state index contributed by atoms with van der Waals surface area (Å²) < 4.78 is 32.9. The van der Waals surface area contributed by atoms with Crippen molar-refractivity contribution in [2.45, 2.75) is 44.9 Å². The minimum atomic E-state index is -0.613. The molecule has 0 aromatic heterocycles. The Morgan fingerprint density at radius 3 is 2.23 bits per heavy atom. The van der Waals surface area contributed by atoms with Gasteiger partial charge in [0.1, 0.15) is 17.5 Å². The third-order valence-corrected chi connectivity index (χ3v) is 5.58. The molecule has 2 aliphatic rings. The van der Waals surface area contributed by atoms with Gasteiger partial charge in [0, 0.05) is 24.8 Å². The zero-order valence-corrected chi connectivity index (χ0v) is 21.3. The highest BCUT2D eigenvalue weighted by atomic mass is 16.6. The molecule has 1 heterocycles. The molecule has 1 fully saturated rings. The van der Waals surface area contributed by atoms with Crippen molar-refractivity contribution in [2.75, 3.05) is 39.9 Å². The van der Waals surface area contributed by atoms with E-state index in [4.69, 9.17) is 28.4 Å². The molecule has 1 amide bonds. The van der Waals surface area contributed by atoms with Gasteiger partial charge in [0.15, 0.2) is 18.1 Å². The lowest BCUT2D eigenvalue weighted by molar-refractivity contribution is -0.159. The molecule has 1 aliphatic carbocycles. The highest BCUT2D eigenvalue weighted by Crippen LogP contribution is 2.45. The van der Waals surface area contributed by atoms with Crippen molar-refractivity contribution in [1.82, 2.24) is 0 Å². The second-order valence-corrected chi connectivity index (χ2v) is 9.07. The fourth-order valence-electron chi connectivity index (χ4n) is 4.03. The van der Waals surface area contributed by atoms with Gasteiger partial charge in [-0.1, -0.05) is 12.7 Å². The summed E-state index contributed by atoms with van der Waals surface area (Å²) in [6.45, 7) is 9.10. The first-order chi connectivity index (χ1) is 16.5. The second kappa shape index (κ2) is 10.4. The van der Waals surface area contributed by atoms with Gasteiger partial charge in [0.25, 0.3) is 5.91 Å². The molecule has 0 saturated carbocycles. The van der Waals surface area contributed by atoms with E-state index in [1.54, 1.807) is 51.0 Å². The molecule has 9 heteroatoms. The molecule has 0 spiro atoms. The van der Waals surface area contributed by atoms with Crippen molar-refractivity contribution >= 4 is 17.6 Å². The number of methoxy groups -OCH3 is 4. The van der Waals surface area contributed by atoms with E-state index in [9.17, 15) is 9.59 Å². The van der Waals surface area contributed by atoms with Gasteiger partial charge in [0.05, 0.1) is 33.1 Å². The first-order valence-corrected chi connectivity index (χ1v) is 11.2. The summed E-state index contributed by atoms with van der Waals surface area (Å²) in [6.07, 6.45) is 3.91. The van der Waals surface area contributed by atoms with Crippen LogP contribution in [0.5, 0.6) is 17.2 Å². The van der Waals surface area contributed by atoms with Crippen LogP contribution in [0.15, 0.2) is 47.8 Å². The number of hydrogen-bond acceptors (Lipinski definition) is 8. The van der Waals surface area contributed by atoms with E-state index in [1.165, 1.54) is 21.3 Å². The molecule has 3 rings (SSSR count). The number of carbonyl (C=O) groups excluding carboxylic acids is 2. The minimum absolute atomic E-state index is 0.219. The second-order valence-electron chi connectivity index (χ2n) is 9.07. The molecule has 35 heavy (non-hydrogen) atoms. The maximum Gasteiger partial charge on any atom is 0.344 e. The van der Waals surface area contributed by atoms with Crippen LogP contribution in [-0.4, -0.2) is 64.7 Å². The van der Waals surface area contributed by atoms with E-state index >= 15 is 0 Å². The number of hydrogen-bond donors (Lipinski definition) is 0. The van der Waals surface area contributed by atoms with Crippen molar-refractivity contribution in [3.8, 4) is 17.2 Å². The molecule has 9 nitrogen and oxygen atoms in total. The van der Waals surface area contributed by atoms with Crippen LogP contribution in [0.2, 0.25) is 0 Å². The van der Waals surface area contributed by atoms with Crippen LogP contribution in [-0.2, 0) is 23.8 Å². The molecule has 1 aromatic carbocycles. The van der Waals surface area contributed by atoms with Gasteiger partial charge in [-0.3, -0.25) is 9.69 Å². The normalized spacial score (nSPS) is 19.9. The lowest BCUT2D eigenvalue weighted by Crippen LogP contribution is -2.56. The molecular formula is C26H33NO8. The van der Waals surface area contributed by atoms with E-state index in [0.717, 1.165) is 5.57 Å². The van der Waals surface area contributed by atoms with Gasteiger partial charge in [-0.2, -0.15) is 0 Å². The smallest absolute Gasteiger partial charge is 0.344 e. The van der Waals surface area contributed by atoms with Crippen molar-refractivity contribution < 1.29 is 38.0 Å². The number of carbonyl (C=O) groups is 2. The third kappa shape index (κ3) is 5.45. The number of nitrogens with zero attached hydrogens (tertiary/aromatic N) is 1. The zero-order chi connectivity index (χ0) is 25.9. The molecule has 0 N–H and O–H groups in total. The van der Waals surface area contributed by atoms with Crippen LogP contribution in [0, 0.1) is 0 Å². The molecule has 1 saturated heterocycles. The minimum Gasteiger partial charge on any atom is -0.493 e. The largest absolute Gasteiger partial charge is 0.493 e. The van der Waals surface area contributed by atoms with Gasteiger partial charge >= 0.3 is 5.97 Å².